The summed E-state index contributed by atoms with van der Waals surface area (Å²) in [6, 6.07) is 5.93. The summed E-state index contributed by atoms with van der Waals surface area (Å²) in [5, 5.41) is 9.66. The third kappa shape index (κ3) is 3.53. The molecule has 0 heterocycles. The van der Waals surface area contributed by atoms with Crippen LogP contribution in [0.2, 0.25) is 0 Å². The highest BCUT2D eigenvalue weighted by Crippen LogP contribution is 2.27. The summed E-state index contributed by atoms with van der Waals surface area (Å²) < 4.78 is 5.87. The van der Waals surface area contributed by atoms with E-state index in [4.69, 9.17) is 4.74 Å². The monoisotopic (exact) mass is 222 g/mol. The van der Waals surface area contributed by atoms with Crippen LogP contribution in [0.3, 0.4) is 0 Å². The average Bonchev–Trinajstić information content (AvgIpc) is 2.17. The van der Waals surface area contributed by atoms with Gasteiger partial charge < -0.3 is 9.84 Å². The molecular weight excluding hydrogens is 200 g/mol. The second-order valence-corrected chi connectivity index (χ2v) is 4.43. The Hall–Kier alpha value is -1.02. The van der Waals surface area contributed by atoms with Crippen molar-refractivity contribution in [3.8, 4) is 5.75 Å². The Kier molecular flexibility index (Phi) is 4.81. The van der Waals surface area contributed by atoms with Crippen molar-refractivity contribution in [2.75, 3.05) is 0 Å². The predicted molar refractivity (Wildman–Crippen MR) is 66.8 cm³/mol. The summed E-state index contributed by atoms with van der Waals surface area (Å²) in [6.45, 7) is 8.01. The van der Waals surface area contributed by atoms with Crippen LogP contribution in [0, 0.1) is 6.92 Å². The molecule has 0 fully saturated rings. The van der Waals surface area contributed by atoms with Crippen molar-refractivity contribution >= 4 is 0 Å². The van der Waals surface area contributed by atoms with Crippen LogP contribution >= 0.6 is 0 Å². The second kappa shape index (κ2) is 5.90. The SMILES string of the molecule is CCCC(C)Oc1cc(C)ccc1C(C)O. The molecule has 0 radical (unpaired) electrons. The molecule has 1 aromatic rings. The molecule has 2 atom stereocenters. The van der Waals surface area contributed by atoms with Crippen LogP contribution in [0.4, 0.5) is 0 Å². The first-order chi connectivity index (χ1) is 7.54. The minimum atomic E-state index is -0.482. The van der Waals surface area contributed by atoms with Crippen molar-refractivity contribution in [1.29, 1.82) is 0 Å². The highest BCUT2D eigenvalue weighted by Gasteiger charge is 2.11. The van der Waals surface area contributed by atoms with Crippen LogP contribution in [0.5, 0.6) is 5.75 Å². The summed E-state index contributed by atoms with van der Waals surface area (Å²) in [5.41, 5.74) is 2.02. The van der Waals surface area contributed by atoms with Crippen LogP contribution < -0.4 is 4.74 Å². The average molecular weight is 222 g/mol. The number of rotatable bonds is 5. The van der Waals surface area contributed by atoms with Crippen molar-refractivity contribution in [2.24, 2.45) is 0 Å². The number of ether oxygens (including phenoxy) is 1. The molecule has 0 saturated heterocycles. The minimum absolute atomic E-state index is 0.198. The van der Waals surface area contributed by atoms with E-state index >= 15 is 0 Å². The zero-order valence-electron chi connectivity index (χ0n) is 10.7. The van der Waals surface area contributed by atoms with Crippen molar-refractivity contribution in [3.05, 3.63) is 29.3 Å². The van der Waals surface area contributed by atoms with Gasteiger partial charge in [0, 0.05) is 5.56 Å². The van der Waals surface area contributed by atoms with Crippen LogP contribution in [0.25, 0.3) is 0 Å². The first-order valence-electron chi connectivity index (χ1n) is 5.99. The Labute approximate surface area is 98.3 Å². The fourth-order valence-electron chi connectivity index (χ4n) is 1.77. The third-order valence-corrected chi connectivity index (χ3v) is 2.64. The maximum absolute atomic E-state index is 9.66. The second-order valence-electron chi connectivity index (χ2n) is 4.43. The molecule has 2 nitrogen and oxygen atoms in total. The van der Waals surface area contributed by atoms with E-state index in [1.54, 1.807) is 6.92 Å². The van der Waals surface area contributed by atoms with Crippen LogP contribution in [0.1, 0.15) is 50.8 Å². The van der Waals surface area contributed by atoms with E-state index in [1.807, 2.05) is 25.1 Å². The number of hydrogen-bond acceptors (Lipinski definition) is 2. The van der Waals surface area contributed by atoms with Gasteiger partial charge in [0.1, 0.15) is 5.75 Å². The maximum atomic E-state index is 9.66. The molecule has 90 valence electrons. The third-order valence-electron chi connectivity index (χ3n) is 2.64. The van der Waals surface area contributed by atoms with E-state index < -0.39 is 6.10 Å². The fraction of sp³-hybridized carbons (Fsp3) is 0.571. The topological polar surface area (TPSA) is 29.5 Å². The molecule has 16 heavy (non-hydrogen) atoms. The Morgan fingerprint density at radius 2 is 2.00 bits per heavy atom. The van der Waals surface area contributed by atoms with Crippen LogP contribution in [-0.2, 0) is 0 Å². The van der Waals surface area contributed by atoms with Crippen molar-refractivity contribution in [1.82, 2.24) is 0 Å². The number of benzene rings is 1. The highest BCUT2D eigenvalue weighted by atomic mass is 16.5. The molecule has 1 N–H and O–H groups in total. The molecule has 0 aliphatic carbocycles. The highest BCUT2D eigenvalue weighted by molar-refractivity contribution is 5.38. The quantitative estimate of drug-likeness (QED) is 0.824. The van der Waals surface area contributed by atoms with Gasteiger partial charge in [-0.1, -0.05) is 25.5 Å². The molecule has 0 amide bonds. The van der Waals surface area contributed by atoms with Crippen molar-refractivity contribution in [2.45, 2.75) is 52.7 Å². The maximum Gasteiger partial charge on any atom is 0.125 e. The van der Waals surface area contributed by atoms with Gasteiger partial charge in [-0.05, 0) is 38.8 Å². The standard InChI is InChI=1S/C14H22O2/c1-5-6-11(3)16-14-9-10(2)7-8-13(14)12(4)15/h7-9,11-12,15H,5-6H2,1-4H3. The minimum Gasteiger partial charge on any atom is -0.490 e. The number of aryl methyl sites for hydroxylation is 1. The first-order valence-corrected chi connectivity index (χ1v) is 5.99. The van der Waals surface area contributed by atoms with Crippen molar-refractivity contribution in [3.63, 3.8) is 0 Å². The summed E-state index contributed by atoms with van der Waals surface area (Å²) in [4.78, 5) is 0. The summed E-state index contributed by atoms with van der Waals surface area (Å²) in [7, 11) is 0. The normalized spacial score (nSPS) is 14.6. The Balaban J connectivity index is 2.87. The van der Waals surface area contributed by atoms with E-state index in [2.05, 4.69) is 13.8 Å². The van der Waals surface area contributed by atoms with E-state index in [0.717, 1.165) is 29.7 Å². The zero-order valence-corrected chi connectivity index (χ0v) is 10.7. The number of hydrogen-bond donors (Lipinski definition) is 1. The lowest BCUT2D eigenvalue weighted by Crippen LogP contribution is -2.13. The summed E-state index contributed by atoms with van der Waals surface area (Å²) in [6.07, 6.45) is 1.86. The number of aliphatic hydroxyl groups is 1. The Morgan fingerprint density at radius 3 is 2.56 bits per heavy atom. The van der Waals surface area contributed by atoms with Gasteiger partial charge >= 0.3 is 0 Å². The zero-order chi connectivity index (χ0) is 12.1. The molecule has 0 aromatic heterocycles. The molecular formula is C14H22O2. The van der Waals surface area contributed by atoms with Crippen LogP contribution in [-0.4, -0.2) is 11.2 Å². The molecule has 1 rings (SSSR count). The summed E-state index contributed by atoms with van der Waals surface area (Å²) in [5.74, 6) is 0.816. The van der Waals surface area contributed by atoms with E-state index in [1.165, 1.54) is 0 Å². The van der Waals surface area contributed by atoms with Gasteiger partial charge in [0.15, 0.2) is 0 Å². The smallest absolute Gasteiger partial charge is 0.125 e. The number of aliphatic hydroxyl groups excluding tert-OH is 1. The van der Waals surface area contributed by atoms with Gasteiger partial charge in [-0.25, -0.2) is 0 Å². The Morgan fingerprint density at radius 1 is 1.31 bits per heavy atom. The van der Waals surface area contributed by atoms with Gasteiger partial charge in [-0.15, -0.1) is 0 Å². The van der Waals surface area contributed by atoms with Gasteiger partial charge in [0.25, 0.3) is 0 Å². The van der Waals surface area contributed by atoms with Gasteiger partial charge in [0.05, 0.1) is 12.2 Å². The Bertz CT molecular complexity index is 332. The predicted octanol–water partition coefficient (Wildman–Crippen LogP) is 3.62. The lowest BCUT2D eigenvalue weighted by Gasteiger charge is -2.18. The molecule has 0 aliphatic heterocycles. The molecule has 1 aromatic carbocycles. The lowest BCUT2D eigenvalue weighted by atomic mass is 10.1. The molecule has 0 bridgehead atoms. The molecule has 2 unspecified atom stereocenters. The molecule has 2 heteroatoms. The largest absolute Gasteiger partial charge is 0.490 e. The molecule has 0 spiro atoms. The van der Waals surface area contributed by atoms with Crippen LogP contribution in [0.15, 0.2) is 18.2 Å². The fourth-order valence-corrected chi connectivity index (χ4v) is 1.77. The van der Waals surface area contributed by atoms with Crippen molar-refractivity contribution < 1.29 is 9.84 Å². The van der Waals surface area contributed by atoms with Gasteiger partial charge in [0.2, 0.25) is 0 Å². The van der Waals surface area contributed by atoms with Gasteiger partial charge in [-0.3, -0.25) is 0 Å². The van der Waals surface area contributed by atoms with E-state index in [9.17, 15) is 5.11 Å². The first kappa shape index (κ1) is 13.0. The molecule has 0 saturated carbocycles. The molecule has 0 aliphatic rings. The van der Waals surface area contributed by atoms with Gasteiger partial charge in [-0.2, -0.15) is 0 Å². The van der Waals surface area contributed by atoms with E-state index in [0.29, 0.717) is 0 Å². The van der Waals surface area contributed by atoms with E-state index in [-0.39, 0.29) is 6.10 Å². The summed E-state index contributed by atoms with van der Waals surface area (Å²) >= 11 is 0. The lowest BCUT2D eigenvalue weighted by molar-refractivity contribution is 0.174.